The van der Waals surface area contributed by atoms with E-state index < -0.39 is 5.97 Å². The molecule has 0 bridgehead atoms. The van der Waals surface area contributed by atoms with E-state index in [2.05, 4.69) is 36.4 Å². The van der Waals surface area contributed by atoms with Crippen LogP contribution in [0.1, 0.15) is 37.2 Å². The van der Waals surface area contributed by atoms with Gasteiger partial charge in [-0.2, -0.15) is 0 Å². The molecule has 2 nitrogen and oxygen atoms in total. The molecule has 1 fully saturated rings. The van der Waals surface area contributed by atoms with Crippen molar-refractivity contribution in [1.29, 1.82) is 0 Å². The van der Waals surface area contributed by atoms with Gasteiger partial charge in [-0.3, -0.25) is 4.79 Å². The summed E-state index contributed by atoms with van der Waals surface area (Å²) in [4.78, 5) is 10.9. The fourth-order valence-corrected chi connectivity index (χ4v) is 3.38. The number of benzene rings is 2. The van der Waals surface area contributed by atoms with Crippen LogP contribution in [0.25, 0.3) is 10.8 Å². The molecule has 2 aromatic rings. The van der Waals surface area contributed by atoms with Gasteiger partial charge in [0.2, 0.25) is 0 Å². The highest BCUT2D eigenvalue weighted by Crippen LogP contribution is 2.42. The van der Waals surface area contributed by atoms with Crippen LogP contribution in [0.15, 0.2) is 42.5 Å². The van der Waals surface area contributed by atoms with E-state index in [-0.39, 0.29) is 0 Å². The third-order valence-corrected chi connectivity index (χ3v) is 4.30. The third-order valence-electron chi connectivity index (χ3n) is 4.30. The maximum absolute atomic E-state index is 10.9. The monoisotopic (exact) mass is 254 g/mol. The van der Waals surface area contributed by atoms with Crippen LogP contribution >= 0.6 is 0 Å². The van der Waals surface area contributed by atoms with E-state index in [0.717, 1.165) is 19.3 Å². The summed E-state index contributed by atoms with van der Waals surface area (Å²) in [5.74, 6) is 0.0528. The number of carboxylic acids is 1. The van der Waals surface area contributed by atoms with Gasteiger partial charge in [-0.25, -0.2) is 0 Å². The van der Waals surface area contributed by atoms with Crippen molar-refractivity contribution in [2.24, 2.45) is 5.92 Å². The number of fused-ring (bicyclic) bond motifs is 1. The molecule has 0 saturated heterocycles. The summed E-state index contributed by atoms with van der Waals surface area (Å²) >= 11 is 0. The Bertz CT molecular complexity index is 603. The zero-order valence-corrected chi connectivity index (χ0v) is 10.9. The van der Waals surface area contributed by atoms with E-state index in [1.807, 2.05) is 6.07 Å². The van der Waals surface area contributed by atoms with Crippen molar-refractivity contribution in [2.75, 3.05) is 0 Å². The Kier molecular flexibility index (Phi) is 3.24. The van der Waals surface area contributed by atoms with E-state index in [0.29, 0.717) is 18.3 Å². The summed E-state index contributed by atoms with van der Waals surface area (Å²) in [5, 5.41) is 11.5. The Morgan fingerprint density at radius 3 is 2.68 bits per heavy atom. The van der Waals surface area contributed by atoms with Crippen LogP contribution < -0.4 is 0 Å². The largest absolute Gasteiger partial charge is 0.481 e. The molecule has 0 amide bonds. The number of carbonyl (C=O) groups is 1. The summed E-state index contributed by atoms with van der Waals surface area (Å²) in [6.45, 7) is 0. The average molecular weight is 254 g/mol. The summed E-state index contributed by atoms with van der Waals surface area (Å²) in [5.41, 5.74) is 1.31. The zero-order valence-electron chi connectivity index (χ0n) is 10.9. The summed E-state index contributed by atoms with van der Waals surface area (Å²) in [7, 11) is 0. The van der Waals surface area contributed by atoms with Crippen LogP contribution in [-0.4, -0.2) is 11.1 Å². The van der Waals surface area contributed by atoms with E-state index in [9.17, 15) is 4.79 Å². The van der Waals surface area contributed by atoms with Crippen LogP contribution in [0, 0.1) is 5.92 Å². The topological polar surface area (TPSA) is 37.3 Å². The van der Waals surface area contributed by atoms with Gasteiger partial charge < -0.3 is 5.11 Å². The second-order valence-electron chi connectivity index (χ2n) is 5.50. The Morgan fingerprint density at radius 1 is 1.11 bits per heavy atom. The molecule has 19 heavy (non-hydrogen) atoms. The SMILES string of the molecule is O=C(O)CC1CCCC1c1ccc2ccccc2c1. The minimum atomic E-state index is -0.669. The molecule has 1 N–H and O–H groups in total. The van der Waals surface area contributed by atoms with Gasteiger partial charge in [-0.15, -0.1) is 0 Å². The van der Waals surface area contributed by atoms with E-state index in [1.54, 1.807) is 0 Å². The Labute approximate surface area is 113 Å². The van der Waals surface area contributed by atoms with Gasteiger partial charge in [0.1, 0.15) is 0 Å². The summed E-state index contributed by atoms with van der Waals surface area (Å²) < 4.78 is 0. The summed E-state index contributed by atoms with van der Waals surface area (Å²) in [6, 6.07) is 14.9. The van der Waals surface area contributed by atoms with Gasteiger partial charge >= 0.3 is 5.97 Å². The van der Waals surface area contributed by atoms with Gasteiger partial charge in [-0.05, 0) is 41.0 Å². The highest BCUT2D eigenvalue weighted by atomic mass is 16.4. The highest BCUT2D eigenvalue weighted by molar-refractivity contribution is 5.83. The highest BCUT2D eigenvalue weighted by Gasteiger charge is 2.30. The second kappa shape index (κ2) is 5.04. The van der Waals surface area contributed by atoms with Gasteiger partial charge in [0.15, 0.2) is 0 Å². The predicted molar refractivity (Wildman–Crippen MR) is 76.3 cm³/mol. The molecule has 0 aromatic heterocycles. The van der Waals surface area contributed by atoms with Crippen molar-refractivity contribution in [3.8, 4) is 0 Å². The first-order valence-electron chi connectivity index (χ1n) is 6.94. The molecule has 0 heterocycles. The van der Waals surface area contributed by atoms with Crippen LogP contribution in [-0.2, 0) is 4.79 Å². The van der Waals surface area contributed by atoms with E-state index >= 15 is 0 Å². The van der Waals surface area contributed by atoms with Crippen LogP contribution in [0.4, 0.5) is 0 Å². The molecule has 2 unspecified atom stereocenters. The van der Waals surface area contributed by atoms with Crippen LogP contribution in [0.3, 0.4) is 0 Å². The fourth-order valence-electron chi connectivity index (χ4n) is 3.38. The lowest BCUT2D eigenvalue weighted by Crippen LogP contribution is -2.11. The lowest BCUT2D eigenvalue weighted by molar-refractivity contribution is -0.138. The van der Waals surface area contributed by atoms with Crippen molar-refractivity contribution < 1.29 is 9.90 Å². The smallest absolute Gasteiger partial charge is 0.303 e. The van der Waals surface area contributed by atoms with Crippen LogP contribution in [0.5, 0.6) is 0 Å². The first-order chi connectivity index (χ1) is 9.24. The molecule has 0 aliphatic heterocycles. The lowest BCUT2D eigenvalue weighted by Gasteiger charge is -2.18. The van der Waals surface area contributed by atoms with Gasteiger partial charge in [0, 0.05) is 6.42 Å². The Hall–Kier alpha value is -1.83. The normalized spacial score (nSPS) is 22.7. The summed E-state index contributed by atoms with van der Waals surface area (Å²) in [6.07, 6.45) is 3.62. The number of rotatable bonds is 3. The number of aliphatic carboxylic acids is 1. The molecule has 1 aliphatic carbocycles. The van der Waals surface area contributed by atoms with Crippen molar-refractivity contribution in [2.45, 2.75) is 31.6 Å². The van der Waals surface area contributed by atoms with Crippen molar-refractivity contribution in [3.63, 3.8) is 0 Å². The lowest BCUT2D eigenvalue weighted by atomic mass is 9.86. The standard InChI is InChI=1S/C17H18O2/c18-17(19)11-14-6-3-7-16(14)15-9-8-12-4-1-2-5-13(12)10-15/h1-2,4-5,8-10,14,16H,3,6-7,11H2,(H,18,19). The fraction of sp³-hybridized carbons (Fsp3) is 0.353. The van der Waals surface area contributed by atoms with Crippen molar-refractivity contribution in [3.05, 3.63) is 48.0 Å². The number of hydrogen-bond donors (Lipinski definition) is 1. The molecule has 1 aliphatic rings. The molecule has 0 radical (unpaired) electrons. The van der Waals surface area contributed by atoms with Gasteiger partial charge in [0.25, 0.3) is 0 Å². The zero-order chi connectivity index (χ0) is 13.2. The molecular formula is C17H18O2. The molecule has 2 heteroatoms. The minimum Gasteiger partial charge on any atom is -0.481 e. The average Bonchev–Trinajstić information content (AvgIpc) is 2.85. The van der Waals surface area contributed by atoms with Gasteiger partial charge in [-0.1, -0.05) is 48.9 Å². The number of carboxylic acid groups (broad SMARTS) is 1. The van der Waals surface area contributed by atoms with E-state index in [1.165, 1.54) is 16.3 Å². The molecule has 98 valence electrons. The Morgan fingerprint density at radius 2 is 1.89 bits per heavy atom. The molecule has 2 aromatic carbocycles. The molecule has 2 atom stereocenters. The van der Waals surface area contributed by atoms with Crippen molar-refractivity contribution >= 4 is 16.7 Å². The molecule has 3 rings (SSSR count). The first-order valence-corrected chi connectivity index (χ1v) is 6.94. The predicted octanol–water partition coefficient (Wildman–Crippen LogP) is 4.20. The maximum Gasteiger partial charge on any atom is 0.303 e. The van der Waals surface area contributed by atoms with Gasteiger partial charge in [0.05, 0.1) is 0 Å². The third kappa shape index (κ3) is 2.48. The second-order valence-corrected chi connectivity index (χ2v) is 5.50. The quantitative estimate of drug-likeness (QED) is 0.891. The Balaban J connectivity index is 1.92. The molecule has 1 saturated carbocycles. The van der Waals surface area contributed by atoms with Crippen molar-refractivity contribution in [1.82, 2.24) is 0 Å². The first kappa shape index (κ1) is 12.2. The van der Waals surface area contributed by atoms with Crippen LogP contribution in [0.2, 0.25) is 0 Å². The number of hydrogen-bond acceptors (Lipinski definition) is 1. The maximum atomic E-state index is 10.9. The van der Waals surface area contributed by atoms with E-state index in [4.69, 9.17) is 5.11 Å². The molecule has 0 spiro atoms. The molecular weight excluding hydrogens is 236 g/mol. The minimum absolute atomic E-state index is 0.303.